The van der Waals surface area contributed by atoms with Gasteiger partial charge in [0, 0.05) is 0 Å². The number of carbonyl (C=O) groups is 1. The van der Waals surface area contributed by atoms with Crippen molar-refractivity contribution in [3.8, 4) is 0 Å². The third-order valence-corrected chi connectivity index (χ3v) is 2.28. The van der Waals surface area contributed by atoms with Gasteiger partial charge >= 0.3 is 5.97 Å². The molecule has 0 aromatic heterocycles. The van der Waals surface area contributed by atoms with E-state index in [1.165, 1.54) is 7.11 Å². The molecule has 1 aromatic carbocycles. The molecule has 1 unspecified atom stereocenters. The van der Waals surface area contributed by atoms with E-state index in [1.807, 2.05) is 0 Å². The fraction of sp³-hybridized carbons (Fsp3) is 0.182. The summed E-state index contributed by atoms with van der Waals surface area (Å²) in [4.78, 5) is 11.2. The van der Waals surface area contributed by atoms with Crippen LogP contribution in [0, 0.1) is 0 Å². The molecule has 1 aliphatic carbocycles. The van der Waals surface area contributed by atoms with Crippen molar-refractivity contribution in [1.29, 1.82) is 0 Å². The Kier molecular flexibility index (Phi) is 2.09. The van der Waals surface area contributed by atoms with E-state index in [-0.39, 0.29) is 5.97 Å². The summed E-state index contributed by atoms with van der Waals surface area (Å²) < 4.78 is 4.60. The molecule has 0 radical (unpaired) electrons. The van der Waals surface area contributed by atoms with Crippen LogP contribution in [0.15, 0.2) is 24.3 Å². The standard InChI is InChI=1S/C11H10O3/c1-14-11(13)8-2-4-9-7(6-8)3-5-10(9)12/h2-6,10,12H,1H3. The van der Waals surface area contributed by atoms with E-state index in [0.717, 1.165) is 11.1 Å². The van der Waals surface area contributed by atoms with Crippen LogP contribution < -0.4 is 0 Å². The number of fused-ring (bicyclic) bond motifs is 1. The highest BCUT2D eigenvalue weighted by molar-refractivity contribution is 5.90. The van der Waals surface area contributed by atoms with Crippen molar-refractivity contribution in [2.24, 2.45) is 0 Å². The van der Waals surface area contributed by atoms with Gasteiger partial charge in [0.25, 0.3) is 0 Å². The average Bonchev–Trinajstić information content (AvgIpc) is 2.59. The first-order valence-electron chi connectivity index (χ1n) is 4.31. The van der Waals surface area contributed by atoms with Crippen LogP contribution in [0.2, 0.25) is 0 Å². The van der Waals surface area contributed by atoms with Gasteiger partial charge in [0.1, 0.15) is 0 Å². The van der Waals surface area contributed by atoms with Gasteiger partial charge in [-0.3, -0.25) is 0 Å². The van der Waals surface area contributed by atoms with Crippen LogP contribution in [-0.2, 0) is 4.74 Å². The number of hydrogen-bond acceptors (Lipinski definition) is 3. The van der Waals surface area contributed by atoms with Gasteiger partial charge in [-0.2, -0.15) is 0 Å². The van der Waals surface area contributed by atoms with Crippen LogP contribution in [0.4, 0.5) is 0 Å². The van der Waals surface area contributed by atoms with Crippen molar-refractivity contribution in [3.63, 3.8) is 0 Å². The zero-order valence-corrected chi connectivity index (χ0v) is 7.73. The van der Waals surface area contributed by atoms with Gasteiger partial charge in [-0.05, 0) is 23.3 Å². The third kappa shape index (κ3) is 1.32. The summed E-state index contributed by atoms with van der Waals surface area (Å²) in [7, 11) is 1.35. The molecule has 0 amide bonds. The second-order valence-electron chi connectivity index (χ2n) is 3.14. The Morgan fingerprint density at radius 1 is 1.50 bits per heavy atom. The molecular formula is C11H10O3. The number of aliphatic hydroxyl groups excluding tert-OH is 1. The number of esters is 1. The molecule has 3 nitrogen and oxygen atoms in total. The quantitative estimate of drug-likeness (QED) is 0.683. The number of benzene rings is 1. The van der Waals surface area contributed by atoms with Crippen molar-refractivity contribution in [3.05, 3.63) is 41.0 Å². The predicted molar refractivity (Wildman–Crippen MR) is 51.8 cm³/mol. The summed E-state index contributed by atoms with van der Waals surface area (Å²) in [5.41, 5.74) is 2.21. The van der Waals surface area contributed by atoms with Crippen LogP contribution in [0.25, 0.3) is 6.08 Å². The van der Waals surface area contributed by atoms with Gasteiger partial charge in [-0.25, -0.2) is 4.79 Å². The first-order chi connectivity index (χ1) is 6.72. The molecule has 0 aliphatic heterocycles. The molecule has 2 rings (SSSR count). The molecule has 14 heavy (non-hydrogen) atoms. The topological polar surface area (TPSA) is 46.5 Å². The van der Waals surface area contributed by atoms with E-state index in [2.05, 4.69) is 4.74 Å². The highest BCUT2D eigenvalue weighted by Crippen LogP contribution is 2.28. The SMILES string of the molecule is COC(=O)c1ccc2c(c1)C=CC2O. The molecule has 0 heterocycles. The van der Waals surface area contributed by atoms with Gasteiger partial charge in [-0.1, -0.05) is 18.2 Å². The molecule has 1 N–H and O–H groups in total. The van der Waals surface area contributed by atoms with Crippen molar-refractivity contribution < 1.29 is 14.6 Å². The summed E-state index contributed by atoms with van der Waals surface area (Å²) >= 11 is 0. The van der Waals surface area contributed by atoms with Crippen LogP contribution >= 0.6 is 0 Å². The normalized spacial score (nSPS) is 18.0. The fourth-order valence-corrected chi connectivity index (χ4v) is 1.53. The van der Waals surface area contributed by atoms with E-state index < -0.39 is 6.10 Å². The van der Waals surface area contributed by atoms with Gasteiger partial charge in [0.2, 0.25) is 0 Å². The third-order valence-electron chi connectivity index (χ3n) is 2.28. The number of ether oxygens (including phenoxy) is 1. The minimum atomic E-state index is -0.545. The highest BCUT2D eigenvalue weighted by Gasteiger charge is 2.16. The number of methoxy groups -OCH3 is 1. The predicted octanol–water partition coefficient (Wildman–Crippen LogP) is 1.53. The maximum atomic E-state index is 11.2. The van der Waals surface area contributed by atoms with Crippen molar-refractivity contribution >= 4 is 12.0 Å². The smallest absolute Gasteiger partial charge is 0.337 e. The Hall–Kier alpha value is -1.61. The zero-order valence-electron chi connectivity index (χ0n) is 7.73. The van der Waals surface area contributed by atoms with E-state index >= 15 is 0 Å². The van der Waals surface area contributed by atoms with Crippen molar-refractivity contribution in [2.75, 3.05) is 7.11 Å². The molecule has 0 saturated heterocycles. The second kappa shape index (κ2) is 3.27. The molecular weight excluding hydrogens is 180 g/mol. The summed E-state index contributed by atoms with van der Waals surface area (Å²) in [6.07, 6.45) is 2.94. The number of aliphatic hydroxyl groups is 1. The lowest BCUT2D eigenvalue weighted by molar-refractivity contribution is 0.0600. The lowest BCUT2D eigenvalue weighted by atomic mass is 10.1. The molecule has 1 aromatic rings. The second-order valence-corrected chi connectivity index (χ2v) is 3.14. The van der Waals surface area contributed by atoms with E-state index in [9.17, 15) is 9.90 Å². The molecule has 0 saturated carbocycles. The fourth-order valence-electron chi connectivity index (χ4n) is 1.53. The van der Waals surface area contributed by atoms with Crippen LogP contribution in [-0.4, -0.2) is 18.2 Å². The number of hydrogen-bond donors (Lipinski definition) is 1. The van der Waals surface area contributed by atoms with Crippen LogP contribution in [0.5, 0.6) is 0 Å². The zero-order chi connectivity index (χ0) is 10.1. The molecule has 1 aliphatic rings. The summed E-state index contributed by atoms with van der Waals surface area (Å²) in [5, 5.41) is 9.47. The number of rotatable bonds is 1. The Morgan fingerprint density at radius 2 is 2.29 bits per heavy atom. The first kappa shape index (κ1) is 8.97. The Balaban J connectivity index is 2.42. The minimum Gasteiger partial charge on any atom is -0.465 e. The van der Waals surface area contributed by atoms with Crippen LogP contribution in [0.1, 0.15) is 27.6 Å². The number of carbonyl (C=O) groups excluding carboxylic acids is 1. The van der Waals surface area contributed by atoms with E-state index in [0.29, 0.717) is 5.56 Å². The first-order valence-corrected chi connectivity index (χ1v) is 4.31. The maximum Gasteiger partial charge on any atom is 0.337 e. The molecule has 0 fully saturated rings. The summed E-state index contributed by atoms with van der Waals surface area (Å²) in [6, 6.07) is 5.11. The Bertz CT molecular complexity index is 407. The van der Waals surface area contributed by atoms with E-state index in [4.69, 9.17) is 0 Å². The monoisotopic (exact) mass is 190 g/mol. The van der Waals surface area contributed by atoms with Gasteiger partial charge in [0.15, 0.2) is 0 Å². The van der Waals surface area contributed by atoms with Gasteiger partial charge < -0.3 is 9.84 Å². The lowest BCUT2D eigenvalue weighted by Crippen LogP contribution is -2.02. The summed E-state index contributed by atoms with van der Waals surface area (Å²) in [6.45, 7) is 0. The van der Waals surface area contributed by atoms with E-state index in [1.54, 1.807) is 30.4 Å². The van der Waals surface area contributed by atoms with Crippen molar-refractivity contribution in [1.82, 2.24) is 0 Å². The minimum absolute atomic E-state index is 0.359. The van der Waals surface area contributed by atoms with Crippen LogP contribution in [0.3, 0.4) is 0 Å². The average molecular weight is 190 g/mol. The summed E-state index contributed by atoms with van der Waals surface area (Å²) in [5.74, 6) is -0.359. The molecule has 72 valence electrons. The maximum absolute atomic E-state index is 11.2. The molecule has 0 bridgehead atoms. The molecule has 0 spiro atoms. The lowest BCUT2D eigenvalue weighted by Gasteiger charge is -2.05. The highest BCUT2D eigenvalue weighted by atomic mass is 16.5. The largest absolute Gasteiger partial charge is 0.465 e. The molecule has 3 heteroatoms. The van der Waals surface area contributed by atoms with Crippen molar-refractivity contribution in [2.45, 2.75) is 6.10 Å². The van der Waals surface area contributed by atoms with Gasteiger partial charge in [0.05, 0.1) is 18.8 Å². The van der Waals surface area contributed by atoms with Gasteiger partial charge in [-0.15, -0.1) is 0 Å². The molecule has 1 atom stereocenters. The Morgan fingerprint density at radius 3 is 3.00 bits per heavy atom. The Labute approximate surface area is 81.6 Å².